The molecule has 0 atom stereocenters. The van der Waals surface area contributed by atoms with E-state index in [1.165, 1.54) is 12.1 Å². The number of carbonyl (C=O) groups is 1. The maximum atomic E-state index is 13.2. The Morgan fingerprint density at radius 2 is 1.67 bits per heavy atom. The van der Waals surface area contributed by atoms with Crippen molar-refractivity contribution in [2.75, 3.05) is 0 Å². The van der Waals surface area contributed by atoms with Crippen LogP contribution >= 0.6 is 0 Å². The van der Waals surface area contributed by atoms with Gasteiger partial charge in [0.25, 0.3) is 21.5 Å². The molecule has 0 bridgehead atoms. The van der Waals surface area contributed by atoms with E-state index in [2.05, 4.69) is 5.10 Å². The van der Waals surface area contributed by atoms with Crippen molar-refractivity contribution >= 4 is 26.7 Å². The maximum Gasteiger partial charge on any atom is 0.417 e. The molecule has 176 valence electrons. The lowest BCUT2D eigenvalue weighted by molar-refractivity contribution is -0.139. The van der Waals surface area contributed by atoms with E-state index in [1.54, 1.807) is 17.0 Å². The Kier molecular flexibility index (Phi) is 7.18. The highest BCUT2D eigenvalue weighted by molar-refractivity contribution is 7.89. The van der Waals surface area contributed by atoms with Gasteiger partial charge in [-0.15, -0.1) is 4.83 Å². The van der Waals surface area contributed by atoms with E-state index in [-0.39, 0.29) is 23.0 Å². The molecule has 0 aliphatic rings. The number of benzene rings is 2. The lowest BCUT2D eigenvalue weighted by Gasteiger charge is -2.15. The number of fused-ring (bicyclic) bond motifs is 1. The third-order valence-corrected chi connectivity index (χ3v) is 6.14. The second-order valence-corrected chi connectivity index (χ2v) is 8.83. The number of halogens is 3. The largest absolute Gasteiger partial charge is 0.417 e. The minimum absolute atomic E-state index is 0.182. The molecule has 1 heterocycles. The van der Waals surface area contributed by atoms with Crippen LogP contribution in [0.1, 0.15) is 42.2 Å². The Bertz CT molecular complexity index is 1340. The Balaban J connectivity index is 1.93. The molecule has 33 heavy (non-hydrogen) atoms. The number of hydrogen-bond acceptors (Lipinski definition) is 5. The Hall–Kier alpha value is -3.25. The lowest BCUT2D eigenvalue weighted by Crippen LogP contribution is -2.43. The summed E-state index contributed by atoms with van der Waals surface area (Å²) in [7, 11) is -4.76. The van der Waals surface area contributed by atoms with E-state index >= 15 is 0 Å². The number of nitrogens with zero attached hydrogens (tertiary/aromatic N) is 2. The lowest BCUT2D eigenvalue weighted by atomic mass is 10.1. The van der Waals surface area contributed by atoms with Gasteiger partial charge in [-0.05, 0) is 24.6 Å². The van der Waals surface area contributed by atoms with Crippen LogP contribution in [-0.2, 0) is 22.7 Å². The number of nitrogens with one attached hydrogen (secondary N) is 2. The second-order valence-electron chi connectivity index (χ2n) is 7.18. The molecule has 0 aliphatic heterocycles. The highest BCUT2D eigenvalue weighted by atomic mass is 32.2. The van der Waals surface area contributed by atoms with Crippen molar-refractivity contribution in [3.63, 3.8) is 0 Å². The topological polar surface area (TPSA) is 110 Å². The molecule has 0 aliphatic carbocycles. The molecule has 3 rings (SSSR count). The van der Waals surface area contributed by atoms with Crippen molar-refractivity contribution in [2.24, 2.45) is 0 Å². The van der Waals surface area contributed by atoms with Crippen molar-refractivity contribution < 1.29 is 26.4 Å². The minimum Gasteiger partial charge on any atom is -0.272 e. The molecule has 0 radical (unpaired) electrons. The Morgan fingerprint density at radius 1 is 1.03 bits per heavy atom. The molecule has 1 aromatic heterocycles. The molecular formula is C21H21F3N4O4S. The van der Waals surface area contributed by atoms with Crippen molar-refractivity contribution in [3.05, 3.63) is 70.1 Å². The fraction of sp³-hybridized carbons (Fsp3) is 0.286. The minimum atomic E-state index is -4.92. The fourth-order valence-electron chi connectivity index (χ4n) is 3.23. The number of aromatic nitrogens is 2. The number of rotatable bonds is 8. The van der Waals surface area contributed by atoms with Crippen LogP contribution in [0.25, 0.3) is 10.8 Å². The van der Waals surface area contributed by atoms with Crippen LogP contribution in [0.5, 0.6) is 0 Å². The zero-order valence-corrected chi connectivity index (χ0v) is 18.3. The number of amides is 1. The van der Waals surface area contributed by atoms with Gasteiger partial charge >= 0.3 is 6.18 Å². The first-order chi connectivity index (χ1) is 15.6. The van der Waals surface area contributed by atoms with Crippen LogP contribution < -0.4 is 15.8 Å². The van der Waals surface area contributed by atoms with Crippen LogP contribution in [0.3, 0.4) is 0 Å². The third kappa shape index (κ3) is 5.40. The average molecular weight is 482 g/mol. The molecule has 2 aromatic carbocycles. The predicted octanol–water partition coefficient (Wildman–Crippen LogP) is 3.23. The van der Waals surface area contributed by atoms with Gasteiger partial charge < -0.3 is 0 Å². The number of hydrogen-bond donors (Lipinski definition) is 2. The van der Waals surface area contributed by atoms with Crippen molar-refractivity contribution in [3.8, 4) is 0 Å². The first-order valence-corrected chi connectivity index (χ1v) is 11.5. The summed E-state index contributed by atoms with van der Waals surface area (Å²) in [5.41, 5.74) is -0.122. The molecule has 2 N–H and O–H groups in total. The quantitative estimate of drug-likeness (QED) is 0.378. The Labute approximate surface area is 187 Å². The molecule has 0 spiro atoms. The van der Waals surface area contributed by atoms with E-state index in [0.29, 0.717) is 12.5 Å². The van der Waals surface area contributed by atoms with E-state index in [9.17, 15) is 31.2 Å². The van der Waals surface area contributed by atoms with Gasteiger partial charge in [0.2, 0.25) is 0 Å². The summed E-state index contributed by atoms with van der Waals surface area (Å²) >= 11 is 0. The van der Waals surface area contributed by atoms with Crippen LogP contribution in [-0.4, -0.2) is 24.1 Å². The highest BCUT2D eigenvalue weighted by Gasteiger charge is 2.37. The van der Waals surface area contributed by atoms with E-state index in [0.717, 1.165) is 35.7 Å². The van der Waals surface area contributed by atoms with Crippen LogP contribution in [0, 0.1) is 0 Å². The molecular weight excluding hydrogens is 461 g/mol. The average Bonchev–Trinajstić information content (AvgIpc) is 2.79. The van der Waals surface area contributed by atoms with Gasteiger partial charge in [0.05, 0.1) is 15.8 Å². The van der Waals surface area contributed by atoms with Gasteiger partial charge in [-0.2, -0.15) is 18.3 Å². The maximum absolute atomic E-state index is 13.2. The summed E-state index contributed by atoms with van der Waals surface area (Å²) in [6.07, 6.45) is -2.54. The first kappa shape index (κ1) is 24.4. The summed E-state index contributed by atoms with van der Waals surface area (Å²) in [5.74, 6) is -1.02. The molecule has 0 fully saturated rings. The fourth-order valence-corrected chi connectivity index (χ4v) is 4.30. The van der Waals surface area contributed by atoms with Gasteiger partial charge in [-0.3, -0.25) is 15.0 Å². The molecule has 0 saturated heterocycles. The summed E-state index contributed by atoms with van der Waals surface area (Å²) in [4.78, 5) is 26.1. The Morgan fingerprint density at radius 3 is 2.33 bits per heavy atom. The van der Waals surface area contributed by atoms with Gasteiger partial charge in [-0.1, -0.05) is 50.1 Å². The van der Waals surface area contributed by atoms with Crippen LogP contribution in [0.2, 0.25) is 0 Å². The zero-order chi connectivity index (χ0) is 24.2. The molecule has 1 amide bonds. The second kappa shape index (κ2) is 9.71. The van der Waals surface area contributed by atoms with E-state index in [4.69, 9.17) is 0 Å². The van der Waals surface area contributed by atoms with Gasteiger partial charge in [0, 0.05) is 11.9 Å². The SMILES string of the molecule is CCCCCn1nc(C(=O)NNS(=O)(=O)c2ccccc2C(F)(F)F)c2ccccc2c1=O. The number of hydrazine groups is 1. The summed E-state index contributed by atoms with van der Waals surface area (Å²) in [6.45, 7) is 2.24. The summed E-state index contributed by atoms with van der Waals surface area (Å²) < 4.78 is 65.7. The summed E-state index contributed by atoms with van der Waals surface area (Å²) in [5, 5.41) is 4.47. The van der Waals surface area contributed by atoms with Gasteiger partial charge in [0.15, 0.2) is 5.69 Å². The van der Waals surface area contributed by atoms with E-state index in [1.807, 2.05) is 12.3 Å². The molecule has 0 saturated carbocycles. The molecule has 0 unspecified atom stereocenters. The molecule has 8 nitrogen and oxygen atoms in total. The standard InChI is InChI=1S/C21H21F3N4O4S/c1-2-3-8-13-28-20(30)15-10-5-4-9-14(15)18(26-28)19(29)25-27-33(31,32)17-12-7-6-11-16(17)21(22,23)24/h4-7,9-12,27H,2-3,8,13H2,1H3,(H,25,29). The summed E-state index contributed by atoms with van der Waals surface area (Å²) in [6, 6.07) is 9.75. The first-order valence-electron chi connectivity index (χ1n) is 10.0. The number of unbranched alkanes of at least 4 members (excludes halogenated alkanes) is 2. The molecule has 12 heteroatoms. The zero-order valence-electron chi connectivity index (χ0n) is 17.5. The van der Waals surface area contributed by atoms with Gasteiger partial charge in [0.1, 0.15) is 0 Å². The predicted molar refractivity (Wildman–Crippen MR) is 115 cm³/mol. The van der Waals surface area contributed by atoms with Crippen molar-refractivity contribution in [2.45, 2.75) is 43.8 Å². The van der Waals surface area contributed by atoms with Gasteiger partial charge in [-0.25, -0.2) is 13.1 Å². The number of carbonyl (C=O) groups excluding carboxylic acids is 1. The molecule has 3 aromatic rings. The number of alkyl halides is 3. The smallest absolute Gasteiger partial charge is 0.272 e. The van der Waals surface area contributed by atoms with E-state index < -0.39 is 38.1 Å². The normalized spacial score (nSPS) is 12.1. The number of aryl methyl sites for hydroxylation is 1. The van der Waals surface area contributed by atoms with Crippen molar-refractivity contribution in [1.82, 2.24) is 20.0 Å². The highest BCUT2D eigenvalue weighted by Crippen LogP contribution is 2.33. The van der Waals surface area contributed by atoms with Crippen LogP contribution in [0.15, 0.2) is 58.2 Å². The number of sulfonamides is 1. The van der Waals surface area contributed by atoms with Crippen molar-refractivity contribution in [1.29, 1.82) is 0 Å². The van der Waals surface area contributed by atoms with Crippen LogP contribution in [0.4, 0.5) is 13.2 Å². The monoisotopic (exact) mass is 482 g/mol. The third-order valence-electron chi connectivity index (χ3n) is 4.84.